The van der Waals surface area contributed by atoms with E-state index in [2.05, 4.69) is 48.3 Å². The normalized spacial score (nSPS) is 16.4. The van der Waals surface area contributed by atoms with E-state index >= 15 is 0 Å². The van der Waals surface area contributed by atoms with Crippen LogP contribution in [0.4, 0.5) is 37.7 Å². The number of carbonyl (C=O) groups excluding carboxylic acids is 4. The molecular weight excluding hydrogens is 818 g/mol. The van der Waals surface area contributed by atoms with Crippen LogP contribution < -0.4 is 26.0 Å². The number of rotatable bonds is 13. The van der Waals surface area contributed by atoms with Crippen LogP contribution in [0.15, 0.2) is 60.9 Å². The molecule has 21 heteroatoms. The van der Waals surface area contributed by atoms with Gasteiger partial charge in [-0.25, -0.2) is 14.8 Å². The predicted octanol–water partition coefficient (Wildman–Crippen LogP) is 5.57. The lowest BCUT2D eigenvalue weighted by Gasteiger charge is -2.31. The number of nitrogens with one attached hydrogen (secondary N) is 4. The van der Waals surface area contributed by atoms with Crippen molar-refractivity contribution in [2.24, 2.45) is 0 Å². The zero-order valence-electron chi connectivity index (χ0n) is 33.0. The predicted molar refractivity (Wildman–Crippen MR) is 208 cm³/mol. The molecule has 4 aromatic rings. The Bertz CT molecular complexity index is 2200. The number of carbonyl (C=O) groups is 5. The van der Waals surface area contributed by atoms with E-state index in [4.69, 9.17) is 14.6 Å². The second-order valence-corrected chi connectivity index (χ2v) is 14.7. The van der Waals surface area contributed by atoms with Crippen molar-refractivity contribution in [1.82, 2.24) is 29.9 Å². The molecule has 5 heterocycles. The number of hydrogen-bond acceptors (Lipinski definition) is 10. The molecule has 1 atom stereocenters. The highest BCUT2D eigenvalue weighted by Gasteiger charge is 2.38. The van der Waals surface area contributed by atoms with Gasteiger partial charge in [0.1, 0.15) is 34.5 Å². The Morgan fingerprint density at radius 1 is 0.967 bits per heavy atom. The number of aromatic nitrogens is 3. The van der Waals surface area contributed by atoms with Gasteiger partial charge in [-0.05, 0) is 94.8 Å². The van der Waals surface area contributed by atoms with Crippen LogP contribution in [-0.2, 0) is 31.8 Å². The molecule has 2 aliphatic heterocycles. The Labute approximate surface area is 345 Å². The van der Waals surface area contributed by atoms with Crippen molar-refractivity contribution in [1.29, 1.82) is 0 Å². The van der Waals surface area contributed by atoms with Crippen LogP contribution in [0.1, 0.15) is 79.3 Å². The summed E-state index contributed by atoms with van der Waals surface area (Å²) in [4.78, 5) is 68.3. The number of alkyl halides is 6. The fraction of sp³-hybridized carbons (Fsp3) is 0.425. The molecule has 2 saturated heterocycles. The highest BCUT2D eigenvalue weighted by molar-refractivity contribution is 6.04. The van der Waals surface area contributed by atoms with E-state index < -0.39 is 36.0 Å². The maximum absolute atomic E-state index is 13.2. The van der Waals surface area contributed by atoms with Gasteiger partial charge in [0.05, 0.1) is 18.3 Å². The summed E-state index contributed by atoms with van der Waals surface area (Å²) in [6.07, 6.45) is -2.77. The number of hydrogen-bond donors (Lipinski definition) is 5. The van der Waals surface area contributed by atoms with Gasteiger partial charge in [0, 0.05) is 37.1 Å². The van der Waals surface area contributed by atoms with E-state index in [9.17, 15) is 45.5 Å². The molecule has 5 N–H and O–H groups in total. The van der Waals surface area contributed by atoms with Crippen molar-refractivity contribution >= 4 is 46.6 Å². The minimum absolute atomic E-state index is 0.0431. The molecule has 1 unspecified atom stereocenters. The SMILES string of the molecule is CC(C)Oc1cc2nc(CCCNC(=O)CN3CCC(c4ccc(NC5CCC(=O)NC5=O)cc4)CC3)cn2cc1NC(=O)c1cccc(C(F)(F)F)n1.O=C(O)C(F)(F)F. The number of imidazole rings is 1. The molecule has 2 fully saturated rings. The van der Waals surface area contributed by atoms with Gasteiger partial charge in [-0.1, -0.05) is 18.2 Å². The standard InChI is InChI=1S/C38H43F3N8O5.C2HF3O2/c1-23(2)54-31-19-33-44-27(20-49(33)21-30(31)46-36(52)28-6-3-7-32(45-28)38(39,40)41)5-4-16-42-35(51)22-48-17-14-25(15-18-48)24-8-10-26(11-9-24)43-29-12-13-34(50)47-37(29)53;3-2(4,5)1(6)7/h3,6-11,19-21,23,25,29,43H,4-5,12-18,22H2,1-2H3,(H,42,51)(H,46,52)(H,47,50,53);(H,6,7). The van der Waals surface area contributed by atoms with Gasteiger partial charge in [0.15, 0.2) is 0 Å². The molecule has 1 aromatic carbocycles. The summed E-state index contributed by atoms with van der Waals surface area (Å²) in [7, 11) is 0. The molecule has 0 saturated carbocycles. The minimum Gasteiger partial charge on any atom is -0.489 e. The summed E-state index contributed by atoms with van der Waals surface area (Å²) >= 11 is 0. The second-order valence-electron chi connectivity index (χ2n) is 14.7. The maximum Gasteiger partial charge on any atom is 0.490 e. The average Bonchev–Trinajstić information content (AvgIpc) is 3.59. The summed E-state index contributed by atoms with van der Waals surface area (Å²) in [5.74, 6) is -3.47. The van der Waals surface area contributed by atoms with Crippen LogP contribution in [0.5, 0.6) is 5.75 Å². The van der Waals surface area contributed by atoms with Gasteiger partial charge in [-0.15, -0.1) is 0 Å². The summed E-state index contributed by atoms with van der Waals surface area (Å²) in [5, 5.41) is 18.3. The third kappa shape index (κ3) is 13.4. The van der Waals surface area contributed by atoms with E-state index in [1.54, 1.807) is 22.9 Å². The number of likely N-dealkylation sites (tertiary alicyclic amines) is 1. The lowest BCUT2D eigenvalue weighted by molar-refractivity contribution is -0.192. The van der Waals surface area contributed by atoms with Crippen molar-refractivity contribution in [3.8, 4) is 5.75 Å². The zero-order valence-corrected chi connectivity index (χ0v) is 33.0. The minimum atomic E-state index is -5.08. The molecule has 0 radical (unpaired) electrons. The van der Waals surface area contributed by atoms with Crippen LogP contribution in [0.3, 0.4) is 0 Å². The molecule has 6 rings (SSSR count). The van der Waals surface area contributed by atoms with E-state index in [0.29, 0.717) is 56.1 Å². The smallest absolute Gasteiger partial charge is 0.489 e. The van der Waals surface area contributed by atoms with Crippen LogP contribution >= 0.6 is 0 Å². The Morgan fingerprint density at radius 3 is 2.28 bits per heavy atom. The number of carboxylic acid groups (broad SMARTS) is 1. The first kappa shape index (κ1) is 45.8. The maximum atomic E-state index is 13.2. The van der Waals surface area contributed by atoms with Gasteiger partial charge < -0.3 is 30.2 Å². The molecule has 0 aliphatic carbocycles. The van der Waals surface area contributed by atoms with Gasteiger partial charge in [-0.2, -0.15) is 26.3 Å². The van der Waals surface area contributed by atoms with Crippen molar-refractivity contribution < 1.29 is 60.2 Å². The number of nitrogens with zero attached hydrogens (tertiary/aromatic N) is 4. The van der Waals surface area contributed by atoms with Gasteiger partial charge in [0.2, 0.25) is 17.7 Å². The van der Waals surface area contributed by atoms with Crippen LogP contribution in [0.2, 0.25) is 0 Å². The number of ether oxygens (including phenoxy) is 1. The van der Waals surface area contributed by atoms with Gasteiger partial charge >= 0.3 is 18.3 Å². The number of benzene rings is 1. The van der Waals surface area contributed by atoms with Crippen LogP contribution in [-0.4, -0.2) is 98.5 Å². The Kier molecular flexibility index (Phi) is 14.9. The quantitative estimate of drug-likeness (QED) is 0.0641. The van der Waals surface area contributed by atoms with E-state index in [-0.39, 0.29) is 35.2 Å². The van der Waals surface area contributed by atoms with E-state index in [0.717, 1.165) is 49.4 Å². The molecular formula is C40H44F6N8O7. The van der Waals surface area contributed by atoms with Gasteiger partial charge in [-0.3, -0.25) is 29.4 Å². The molecule has 328 valence electrons. The third-order valence-corrected chi connectivity index (χ3v) is 9.58. The average molecular weight is 863 g/mol. The molecule has 15 nitrogen and oxygen atoms in total. The van der Waals surface area contributed by atoms with Crippen LogP contribution in [0, 0.1) is 0 Å². The molecule has 0 bridgehead atoms. The Balaban J connectivity index is 0.000000925. The first-order chi connectivity index (χ1) is 28.7. The Morgan fingerprint density at radius 2 is 1.66 bits per heavy atom. The first-order valence-electron chi connectivity index (χ1n) is 19.3. The lowest BCUT2D eigenvalue weighted by atomic mass is 9.89. The Hall–Kier alpha value is -6.25. The molecule has 61 heavy (non-hydrogen) atoms. The number of halogens is 6. The number of piperidine rings is 2. The fourth-order valence-electron chi connectivity index (χ4n) is 6.60. The number of carboxylic acids is 1. The number of anilines is 2. The first-order valence-corrected chi connectivity index (χ1v) is 19.3. The molecule has 3 aromatic heterocycles. The fourth-order valence-corrected chi connectivity index (χ4v) is 6.60. The van der Waals surface area contributed by atoms with Crippen molar-refractivity contribution in [2.75, 3.05) is 36.8 Å². The number of pyridine rings is 2. The highest BCUT2D eigenvalue weighted by atomic mass is 19.4. The molecule has 4 amide bonds. The summed E-state index contributed by atoms with van der Waals surface area (Å²) in [6.45, 7) is 6.01. The van der Waals surface area contributed by atoms with E-state index in [1.165, 1.54) is 11.6 Å². The number of aliphatic carboxylic acids is 1. The third-order valence-electron chi connectivity index (χ3n) is 9.58. The molecule has 0 spiro atoms. The summed E-state index contributed by atoms with van der Waals surface area (Å²) in [5.41, 5.74) is 2.07. The van der Waals surface area contributed by atoms with E-state index in [1.807, 2.05) is 26.0 Å². The number of fused-ring (bicyclic) bond motifs is 1. The highest BCUT2D eigenvalue weighted by Crippen LogP contribution is 2.31. The van der Waals surface area contributed by atoms with Crippen molar-refractivity contribution in [3.05, 3.63) is 83.6 Å². The number of aryl methyl sites for hydroxylation is 1. The topological polar surface area (TPSA) is 196 Å². The number of amides is 4. The van der Waals surface area contributed by atoms with Crippen LogP contribution in [0.25, 0.3) is 5.65 Å². The summed E-state index contributed by atoms with van der Waals surface area (Å²) in [6, 6.07) is 12.4. The summed E-state index contributed by atoms with van der Waals surface area (Å²) < 4.78 is 78.8. The monoisotopic (exact) mass is 862 g/mol. The zero-order chi connectivity index (χ0) is 44.5. The largest absolute Gasteiger partial charge is 0.490 e. The van der Waals surface area contributed by atoms with Crippen molar-refractivity contribution in [3.63, 3.8) is 0 Å². The van der Waals surface area contributed by atoms with Crippen molar-refractivity contribution in [2.45, 2.75) is 82.8 Å². The number of imide groups is 1. The van der Waals surface area contributed by atoms with Gasteiger partial charge in [0.25, 0.3) is 5.91 Å². The second kappa shape index (κ2) is 19.9. The molecule has 2 aliphatic rings. The lowest BCUT2D eigenvalue weighted by Crippen LogP contribution is -2.47.